The van der Waals surface area contributed by atoms with Crippen LogP contribution in [-0.2, 0) is 0 Å². The lowest BCUT2D eigenvalue weighted by Gasteiger charge is -2.36. The van der Waals surface area contributed by atoms with Crippen LogP contribution in [0.5, 0.6) is 0 Å². The molecule has 1 saturated heterocycles. The monoisotopic (exact) mass is 475 g/mol. The van der Waals surface area contributed by atoms with Gasteiger partial charge < -0.3 is 15.1 Å². The average Bonchev–Trinajstić information content (AvgIpc) is 2.81. The Morgan fingerprint density at radius 1 is 0.912 bits per heavy atom. The van der Waals surface area contributed by atoms with E-state index < -0.39 is 0 Å². The highest BCUT2D eigenvalue weighted by atomic mass is 32.1. The lowest BCUT2D eigenvalue weighted by molar-refractivity contribution is 0.382. The van der Waals surface area contributed by atoms with Crippen molar-refractivity contribution in [2.45, 2.75) is 27.7 Å². The fourth-order valence-corrected chi connectivity index (χ4v) is 3.94. The molecule has 2 N–H and O–H groups in total. The van der Waals surface area contributed by atoms with Crippen LogP contribution in [-0.4, -0.2) is 62.1 Å². The molecular formula is C24H29N9S. The van der Waals surface area contributed by atoms with Gasteiger partial charge in [0.15, 0.2) is 0 Å². The Morgan fingerprint density at radius 2 is 1.59 bits per heavy atom. The highest BCUT2D eigenvalue weighted by Crippen LogP contribution is 2.17. The molecule has 1 aromatic carbocycles. The second-order valence-electron chi connectivity index (χ2n) is 8.31. The van der Waals surface area contributed by atoms with Crippen LogP contribution in [0.2, 0.25) is 0 Å². The molecule has 2 aromatic heterocycles. The summed E-state index contributed by atoms with van der Waals surface area (Å²) in [7, 11) is 0. The number of hydrogen-bond donors (Lipinski definition) is 2. The predicted octanol–water partition coefficient (Wildman–Crippen LogP) is 3.49. The summed E-state index contributed by atoms with van der Waals surface area (Å²) in [5.41, 5.74) is 4.97. The first-order valence-electron chi connectivity index (χ1n) is 11.2. The molecule has 4 rings (SSSR count). The summed E-state index contributed by atoms with van der Waals surface area (Å²) >= 11 is 5.62. The number of rotatable bonds is 3. The van der Waals surface area contributed by atoms with Crippen molar-refractivity contribution in [2.75, 3.05) is 41.7 Å². The van der Waals surface area contributed by atoms with E-state index in [1.807, 2.05) is 32.9 Å². The number of benzene rings is 1. The first kappa shape index (κ1) is 23.5. The van der Waals surface area contributed by atoms with Gasteiger partial charge in [-0.1, -0.05) is 12.1 Å². The second-order valence-corrected chi connectivity index (χ2v) is 8.69. The number of nitrogens with one attached hydrogen (secondary N) is 2. The van der Waals surface area contributed by atoms with Gasteiger partial charge in [-0.3, -0.25) is 5.32 Å². The maximum atomic E-state index is 5.62. The van der Waals surface area contributed by atoms with Gasteiger partial charge in [0.2, 0.25) is 23.0 Å². The van der Waals surface area contributed by atoms with Gasteiger partial charge in [0.25, 0.3) is 0 Å². The molecule has 0 aliphatic carbocycles. The molecular weight excluding hydrogens is 446 g/mol. The zero-order chi connectivity index (χ0) is 24.1. The number of aromatic nitrogens is 4. The normalized spacial score (nSPS) is 14.2. The van der Waals surface area contributed by atoms with Gasteiger partial charge in [0.05, 0.1) is 0 Å². The first-order chi connectivity index (χ1) is 16.4. The first-order valence-corrected chi connectivity index (χ1v) is 11.6. The molecule has 34 heavy (non-hydrogen) atoms. The quantitative estimate of drug-likeness (QED) is 0.335. The summed E-state index contributed by atoms with van der Waals surface area (Å²) in [5.74, 6) is 1.85. The molecule has 0 amide bonds. The third kappa shape index (κ3) is 6.02. The number of thiocarbonyl (C=S) groups is 1. The molecule has 1 aliphatic heterocycles. The largest absolute Gasteiger partial charge is 0.339 e. The zero-order valence-electron chi connectivity index (χ0n) is 19.9. The lowest BCUT2D eigenvalue weighted by atomic mass is 10.1. The third-order valence-electron chi connectivity index (χ3n) is 5.46. The molecule has 176 valence electrons. The van der Waals surface area contributed by atoms with Crippen LogP contribution in [0.1, 0.15) is 22.5 Å². The molecule has 0 spiro atoms. The van der Waals surface area contributed by atoms with Crippen molar-refractivity contribution in [1.82, 2.24) is 24.8 Å². The van der Waals surface area contributed by atoms with E-state index in [9.17, 15) is 0 Å². The maximum absolute atomic E-state index is 5.62. The van der Waals surface area contributed by atoms with Crippen molar-refractivity contribution >= 4 is 40.9 Å². The van der Waals surface area contributed by atoms with Gasteiger partial charge >= 0.3 is 0 Å². The van der Waals surface area contributed by atoms with E-state index in [0.29, 0.717) is 17.0 Å². The summed E-state index contributed by atoms with van der Waals surface area (Å²) in [6.07, 6.45) is 3.52. The highest BCUT2D eigenvalue weighted by Gasteiger charge is 2.22. The van der Waals surface area contributed by atoms with Crippen molar-refractivity contribution in [1.29, 1.82) is 0 Å². The minimum atomic E-state index is 0.370. The molecule has 1 aliphatic rings. The second kappa shape index (κ2) is 10.5. The number of nitrogens with zero attached hydrogens (tertiary/aromatic N) is 7. The Kier molecular flexibility index (Phi) is 7.27. The van der Waals surface area contributed by atoms with E-state index >= 15 is 0 Å². The van der Waals surface area contributed by atoms with Gasteiger partial charge in [-0.15, -0.1) is 0 Å². The van der Waals surface area contributed by atoms with E-state index in [4.69, 9.17) is 17.2 Å². The fraction of sp³-hybridized carbons (Fsp3) is 0.333. The van der Waals surface area contributed by atoms with Gasteiger partial charge in [-0.25, -0.2) is 19.9 Å². The lowest BCUT2D eigenvalue weighted by Crippen LogP contribution is -2.51. The molecule has 0 atom stereocenters. The number of aryl methyl sites for hydroxylation is 4. The topological polar surface area (TPSA) is 94.5 Å². The van der Waals surface area contributed by atoms with Crippen molar-refractivity contribution < 1.29 is 0 Å². The Labute approximate surface area is 205 Å². The number of guanidine groups is 1. The number of aliphatic imine (C=N–C) groups is 1. The summed E-state index contributed by atoms with van der Waals surface area (Å²) in [6.45, 7) is 11.0. The molecule has 9 nitrogen and oxygen atoms in total. The Hall–Kier alpha value is -3.66. The summed E-state index contributed by atoms with van der Waals surface area (Å²) in [6, 6.07) is 9.97. The average molecular weight is 476 g/mol. The van der Waals surface area contributed by atoms with Gasteiger partial charge in [0, 0.05) is 55.6 Å². The number of hydrogen-bond acceptors (Lipinski definition) is 6. The fourth-order valence-electron chi connectivity index (χ4n) is 3.74. The minimum absolute atomic E-state index is 0.370. The summed E-state index contributed by atoms with van der Waals surface area (Å²) in [5, 5.41) is 6.94. The molecule has 1 fully saturated rings. The van der Waals surface area contributed by atoms with Gasteiger partial charge in [-0.05, 0) is 69.2 Å². The van der Waals surface area contributed by atoms with Gasteiger partial charge in [0.1, 0.15) is 0 Å². The molecule has 3 heterocycles. The van der Waals surface area contributed by atoms with Crippen molar-refractivity contribution in [2.24, 2.45) is 4.99 Å². The van der Waals surface area contributed by atoms with Crippen LogP contribution in [0.3, 0.4) is 0 Å². The maximum Gasteiger partial charge on any atom is 0.229 e. The van der Waals surface area contributed by atoms with Crippen LogP contribution in [0.15, 0.2) is 47.7 Å². The molecule has 0 radical (unpaired) electrons. The van der Waals surface area contributed by atoms with Crippen LogP contribution in [0, 0.1) is 27.7 Å². The minimum Gasteiger partial charge on any atom is -0.339 e. The van der Waals surface area contributed by atoms with E-state index in [0.717, 1.165) is 60.3 Å². The van der Waals surface area contributed by atoms with Gasteiger partial charge in [-0.2, -0.15) is 4.99 Å². The Morgan fingerprint density at radius 3 is 2.26 bits per heavy atom. The smallest absolute Gasteiger partial charge is 0.229 e. The number of anilines is 3. The van der Waals surface area contributed by atoms with E-state index in [1.54, 1.807) is 12.4 Å². The molecule has 0 saturated carbocycles. The van der Waals surface area contributed by atoms with Crippen LogP contribution >= 0.6 is 12.2 Å². The van der Waals surface area contributed by atoms with Crippen molar-refractivity contribution in [3.05, 3.63) is 65.2 Å². The van der Waals surface area contributed by atoms with Crippen LogP contribution in [0.4, 0.5) is 17.6 Å². The predicted molar refractivity (Wildman–Crippen MR) is 141 cm³/mol. The van der Waals surface area contributed by atoms with Crippen molar-refractivity contribution in [3.8, 4) is 0 Å². The van der Waals surface area contributed by atoms with E-state index in [1.165, 1.54) is 0 Å². The number of piperazine rings is 1. The summed E-state index contributed by atoms with van der Waals surface area (Å²) in [4.78, 5) is 26.8. The Bertz CT molecular complexity index is 1170. The zero-order valence-corrected chi connectivity index (χ0v) is 20.7. The highest BCUT2D eigenvalue weighted by molar-refractivity contribution is 7.80. The van der Waals surface area contributed by atoms with E-state index in [2.05, 4.69) is 65.5 Å². The third-order valence-corrected chi connectivity index (χ3v) is 5.66. The molecule has 3 aromatic rings. The SMILES string of the molecule is Cc1ccc(C)c(NC(=S)/N=C(/Nc2nc(C)cc(C)n2)N2CCN(c3ncccn3)CC2)c1. The van der Waals surface area contributed by atoms with E-state index in [-0.39, 0.29) is 0 Å². The molecule has 0 unspecified atom stereocenters. The van der Waals surface area contributed by atoms with Crippen LogP contribution < -0.4 is 15.5 Å². The Balaban J connectivity index is 1.55. The van der Waals surface area contributed by atoms with Crippen molar-refractivity contribution in [3.63, 3.8) is 0 Å². The molecule has 0 bridgehead atoms. The standard InChI is InChI=1S/C24H29N9S/c1-16-6-7-17(2)20(14-16)29-24(34)31-23(30-21-27-18(3)15-19(4)28-21)33-12-10-32(11-13-33)22-25-8-5-9-26-22/h5-9,14-15H,10-13H2,1-4H3,(H2,27,28,29,30,31,34). The summed E-state index contributed by atoms with van der Waals surface area (Å²) < 4.78 is 0. The van der Waals surface area contributed by atoms with Crippen LogP contribution in [0.25, 0.3) is 0 Å². The molecule has 10 heteroatoms.